The number of nitrogens with one attached hydrogen (secondary N) is 1. The van der Waals surface area contributed by atoms with Crippen molar-refractivity contribution in [3.63, 3.8) is 0 Å². The minimum atomic E-state index is -0.111. The molecule has 2 aromatic rings. The molecule has 0 saturated heterocycles. The third kappa shape index (κ3) is 3.07. The van der Waals surface area contributed by atoms with Crippen LogP contribution in [0.3, 0.4) is 0 Å². The highest BCUT2D eigenvalue weighted by Gasteiger charge is 2.14. The van der Waals surface area contributed by atoms with Crippen LogP contribution >= 0.6 is 0 Å². The van der Waals surface area contributed by atoms with Crippen molar-refractivity contribution in [1.82, 2.24) is 0 Å². The molecule has 0 atom stereocenters. The van der Waals surface area contributed by atoms with Crippen molar-refractivity contribution < 1.29 is 4.79 Å². The maximum atomic E-state index is 12.5. The van der Waals surface area contributed by atoms with E-state index in [4.69, 9.17) is 5.73 Å². The molecule has 0 heterocycles. The monoisotopic (exact) mass is 282 g/mol. The predicted molar refractivity (Wildman–Crippen MR) is 88.9 cm³/mol. The van der Waals surface area contributed by atoms with Gasteiger partial charge in [0, 0.05) is 5.56 Å². The minimum Gasteiger partial charge on any atom is -0.397 e. The van der Waals surface area contributed by atoms with E-state index in [-0.39, 0.29) is 5.91 Å². The molecule has 0 radical (unpaired) electrons. The van der Waals surface area contributed by atoms with Crippen molar-refractivity contribution in [2.75, 3.05) is 11.1 Å². The van der Waals surface area contributed by atoms with Crippen LogP contribution in [0.4, 0.5) is 11.4 Å². The maximum Gasteiger partial charge on any atom is 0.256 e. The zero-order valence-corrected chi connectivity index (χ0v) is 13.3. The summed E-state index contributed by atoms with van der Waals surface area (Å²) >= 11 is 0. The Bertz CT molecular complexity index is 694. The normalized spacial score (nSPS) is 10.5. The molecule has 0 aliphatic carbocycles. The molecular weight excluding hydrogens is 260 g/mol. The zero-order valence-electron chi connectivity index (χ0n) is 13.3. The molecule has 3 nitrogen and oxygen atoms in total. The first-order chi connectivity index (χ1) is 9.79. The van der Waals surface area contributed by atoms with Gasteiger partial charge in [0.25, 0.3) is 5.91 Å². The number of rotatable bonds is 2. The van der Waals surface area contributed by atoms with E-state index >= 15 is 0 Å². The highest BCUT2D eigenvalue weighted by atomic mass is 16.1. The summed E-state index contributed by atoms with van der Waals surface area (Å²) in [6, 6.07) is 7.85. The van der Waals surface area contributed by atoms with Crippen molar-refractivity contribution in [2.45, 2.75) is 34.6 Å². The molecule has 0 aromatic heterocycles. The topological polar surface area (TPSA) is 55.1 Å². The summed E-state index contributed by atoms with van der Waals surface area (Å²) in [5, 5.41) is 2.93. The maximum absolute atomic E-state index is 12.5. The summed E-state index contributed by atoms with van der Waals surface area (Å²) < 4.78 is 0. The fraction of sp³-hybridized carbons (Fsp3) is 0.278. The Balaban J connectivity index is 2.37. The summed E-state index contributed by atoms with van der Waals surface area (Å²) in [6.45, 7) is 9.96. The van der Waals surface area contributed by atoms with E-state index in [1.54, 1.807) is 0 Å². The second-order valence-corrected chi connectivity index (χ2v) is 5.75. The third-order valence-electron chi connectivity index (χ3n) is 3.82. The molecule has 0 aliphatic rings. The van der Waals surface area contributed by atoms with Gasteiger partial charge in [0.15, 0.2) is 0 Å². The van der Waals surface area contributed by atoms with Crippen molar-refractivity contribution in [2.24, 2.45) is 0 Å². The molecule has 110 valence electrons. The van der Waals surface area contributed by atoms with E-state index in [1.165, 1.54) is 0 Å². The zero-order chi connectivity index (χ0) is 15.7. The van der Waals surface area contributed by atoms with E-state index < -0.39 is 0 Å². The van der Waals surface area contributed by atoms with Crippen molar-refractivity contribution in [1.29, 1.82) is 0 Å². The summed E-state index contributed by atoms with van der Waals surface area (Å²) in [6.07, 6.45) is 0. The van der Waals surface area contributed by atoms with Crippen molar-refractivity contribution >= 4 is 17.3 Å². The molecule has 0 aliphatic heterocycles. The fourth-order valence-electron chi connectivity index (χ4n) is 2.67. The Morgan fingerprint density at radius 1 is 0.857 bits per heavy atom. The molecule has 1 amide bonds. The first-order valence-electron chi connectivity index (χ1n) is 7.05. The van der Waals surface area contributed by atoms with E-state index in [0.717, 1.165) is 33.4 Å². The van der Waals surface area contributed by atoms with Gasteiger partial charge in [-0.05, 0) is 69.0 Å². The van der Waals surface area contributed by atoms with Gasteiger partial charge in [-0.25, -0.2) is 0 Å². The fourth-order valence-corrected chi connectivity index (χ4v) is 2.67. The molecule has 0 bridgehead atoms. The number of hydrogen-bond acceptors (Lipinski definition) is 2. The van der Waals surface area contributed by atoms with Gasteiger partial charge in [-0.2, -0.15) is 0 Å². The average Bonchev–Trinajstić information content (AvgIpc) is 2.34. The van der Waals surface area contributed by atoms with Crippen LogP contribution in [-0.2, 0) is 0 Å². The van der Waals surface area contributed by atoms with Crippen LogP contribution in [0.1, 0.15) is 38.2 Å². The van der Waals surface area contributed by atoms with Gasteiger partial charge in [0.05, 0.1) is 11.4 Å². The van der Waals surface area contributed by atoms with Gasteiger partial charge >= 0.3 is 0 Å². The number of amides is 1. The molecule has 0 saturated carbocycles. The quantitative estimate of drug-likeness (QED) is 0.816. The molecule has 3 heteroatoms. The SMILES string of the molecule is Cc1cc(C)c(C(=O)Nc2cc(C)c(C)cc2N)c(C)c1. The van der Waals surface area contributed by atoms with Gasteiger partial charge < -0.3 is 11.1 Å². The third-order valence-corrected chi connectivity index (χ3v) is 3.82. The number of nitrogen functional groups attached to an aromatic ring is 1. The van der Waals surface area contributed by atoms with E-state index in [9.17, 15) is 4.79 Å². The Morgan fingerprint density at radius 3 is 1.95 bits per heavy atom. The number of nitrogens with two attached hydrogens (primary N) is 1. The summed E-state index contributed by atoms with van der Waals surface area (Å²) in [5.74, 6) is -0.111. The Labute approximate surface area is 126 Å². The molecule has 0 fully saturated rings. The number of hydrogen-bond donors (Lipinski definition) is 2. The van der Waals surface area contributed by atoms with E-state index in [2.05, 4.69) is 5.32 Å². The first kappa shape index (κ1) is 15.1. The van der Waals surface area contributed by atoms with Gasteiger partial charge in [0.2, 0.25) is 0 Å². The van der Waals surface area contributed by atoms with Crippen LogP contribution < -0.4 is 11.1 Å². The molecule has 0 spiro atoms. The smallest absolute Gasteiger partial charge is 0.256 e. The van der Waals surface area contributed by atoms with Crippen LogP contribution in [0.5, 0.6) is 0 Å². The number of benzene rings is 2. The van der Waals surface area contributed by atoms with Crippen molar-refractivity contribution in [3.05, 3.63) is 57.6 Å². The van der Waals surface area contributed by atoms with Crippen molar-refractivity contribution in [3.8, 4) is 0 Å². The van der Waals surface area contributed by atoms with Crippen LogP contribution in [0.2, 0.25) is 0 Å². The van der Waals surface area contributed by atoms with Gasteiger partial charge in [-0.15, -0.1) is 0 Å². The molecule has 2 aromatic carbocycles. The molecule has 3 N–H and O–H groups in total. The number of carbonyl (C=O) groups is 1. The first-order valence-corrected chi connectivity index (χ1v) is 7.05. The lowest BCUT2D eigenvalue weighted by Gasteiger charge is -2.14. The van der Waals surface area contributed by atoms with Crippen LogP contribution in [-0.4, -0.2) is 5.91 Å². The van der Waals surface area contributed by atoms with Crippen LogP contribution in [0, 0.1) is 34.6 Å². The van der Waals surface area contributed by atoms with Gasteiger partial charge in [-0.1, -0.05) is 17.7 Å². The van der Waals surface area contributed by atoms with E-state index in [0.29, 0.717) is 11.4 Å². The second kappa shape index (κ2) is 5.60. The Hall–Kier alpha value is -2.29. The molecule has 0 unspecified atom stereocenters. The highest BCUT2D eigenvalue weighted by molar-refractivity contribution is 6.07. The minimum absolute atomic E-state index is 0.111. The summed E-state index contributed by atoms with van der Waals surface area (Å²) in [4.78, 5) is 12.5. The predicted octanol–water partition coefficient (Wildman–Crippen LogP) is 4.06. The lowest BCUT2D eigenvalue weighted by atomic mass is 9.99. The lowest BCUT2D eigenvalue weighted by Crippen LogP contribution is -2.16. The highest BCUT2D eigenvalue weighted by Crippen LogP contribution is 2.25. The van der Waals surface area contributed by atoms with Gasteiger partial charge in [0.1, 0.15) is 0 Å². The Kier molecular flexibility index (Phi) is 4.03. The average molecular weight is 282 g/mol. The molecular formula is C18H22N2O. The summed E-state index contributed by atoms with van der Waals surface area (Å²) in [7, 11) is 0. The number of carbonyl (C=O) groups excluding carboxylic acids is 1. The van der Waals surface area contributed by atoms with Crippen LogP contribution in [0.15, 0.2) is 24.3 Å². The summed E-state index contributed by atoms with van der Waals surface area (Å²) in [5.41, 5.74) is 13.3. The number of aryl methyl sites for hydroxylation is 5. The molecule has 21 heavy (non-hydrogen) atoms. The standard InChI is InChI=1S/C18H22N2O/c1-10-6-13(4)17(14(5)7-10)18(21)20-16-9-12(3)11(2)8-15(16)19/h6-9H,19H2,1-5H3,(H,20,21). The van der Waals surface area contributed by atoms with E-state index in [1.807, 2.05) is 58.9 Å². The lowest BCUT2D eigenvalue weighted by molar-refractivity contribution is 0.102. The largest absolute Gasteiger partial charge is 0.397 e. The molecule has 2 rings (SSSR count). The van der Waals surface area contributed by atoms with Crippen LogP contribution in [0.25, 0.3) is 0 Å². The number of anilines is 2. The second-order valence-electron chi connectivity index (χ2n) is 5.75. The van der Waals surface area contributed by atoms with Gasteiger partial charge in [-0.3, -0.25) is 4.79 Å². The Morgan fingerprint density at radius 2 is 1.38 bits per heavy atom.